The SMILES string of the molecule is CCc1cccc(N(C)C(=N)N(C)c2cccc3ccc(=O)oc23)c1. The van der Waals surface area contributed by atoms with Gasteiger partial charge in [-0.2, -0.15) is 0 Å². The van der Waals surface area contributed by atoms with Gasteiger partial charge in [0.1, 0.15) is 0 Å². The minimum Gasteiger partial charge on any atom is -0.420 e. The maximum Gasteiger partial charge on any atom is 0.336 e. The number of anilines is 2. The largest absolute Gasteiger partial charge is 0.420 e. The molecule has 3 rings (SSSR count). The first kappa shape index (κ1) is 16.8. The number of nitrogens with zero attached hydrogens (tertiary/aromatic N) is 2. The smallest absolute Gasteiger partial charge is 0.336 e. The van der Waals surface area contributed by atoms with Crippen LogP contribution in [0.5, 0.6) is 0 Å². The van der Waals surface area contributed by atoms with Crippen LogP contribution in [0.3, 0.4) is 0 Å². The third-order valence-electron chi connectivity index (χ3n) is 4.33. The molecule has 0 amide bonds. The second kappa shape index (κ2) is 6.81. The average Bonchev–Trinajstić information content (AvgIpc) is 2.65. The van der Waals surface area contributed by atoms with Crippen LogP contribution in [-0.2, 0) is 6.42 Å². The highest BCUT2D eigenvalue weighted by molar-refractivity contribution is 6.08. The maximum atomic E-state index is 11.6. The quantitative estimate of drug-likeness (QED) is 0.448. The molecule has 5 heteroatoms. The lowest BCUT2D eigenvalue weighted by Crippen LogP contribution is -2.39. The van der Waals surface area contributed by atoms with E-state index >= 15 is 0 Å². The van der Waals surface area contributed by atoms with Crippen molar-refractivity contribution in [3.8, 4) is 0 Å². The number of para-hydroxylation sites is 1. The Morgan fingerprint density at radius 3 is 2.56 bits per heavy atom. The summed E-state index contributed by atoms with van der Waals surface area (Å²) in [4.78, 5) is 15.1. The van der Waals surface area contributed by atoms with Crippen molar-refractivity contribution in [3.05, 3.63) is 70.6 Å². The zero-order valence-electron chi connectivity index (χ0n) is 14.6. The molecule has 3 aromatic rings. The van der Waals surface area contributed by atoms with Crippen molar-refractivity contribution in [3.63, 3.8) is 0 Å². The van der Waals surface area contributed by atoms with Gasteiger partial charge in [-0.3, -0.25) is 5.41 Å². The van der Waals surface area contributed by atoms with Gasteiger partial charge in [-0.25, -0.2) is 4.79 Å². The van der Waals surface area contributed by atoms with Gasteiger partial charge >= 0.3 is 5.63 Å². The maximum absolute atomic E-state index is 11.6. The van der Waals surface area contributed by atoms with Crippen LogP contribution in [0.1, 0.15) is 12.5 Å². The Bertz CT molecular complexity index is 978. The molecular weight excluding hydrogens is 314 g/mol. The van der Waals surface area contributed by atoms with Crippen LogP contribution in [0.4, 0.5) is 11.4 Å². The van der Waals surface area contributed by atoms with E-state index in [1.807, 2.05) is 37.4 Å². The van der Waals surface area contributed by atoms with Gasteiger partial charge in [0.25, 0.3) is 0 Å². The summed E-state index contributed by atoms with van der Waals surface area (Å²) in [6, 6.07) is 16.9. The van der Waals surface area contributed by atoms with Crippen LogP contribution in [0.2, 0.25) is 0 Å². The van der Waals surface area contributed by atoms with Gasteiger partial charge in [0.15, 0.2) is 5.58 Å². The molecule has 0 radical (unpaired) electrons. The summed E-state index contributed by atoms with van der Waals surface area (Å²) in [6.07, 6.45) is 0.944. The fourth-order valence-electron chi connectivity index (χ4n) is 2.79. The highest BCUT2D eigenvalue weighted by Gasteiger charge is 2.17. The molecule has 0 aliphatic carbocycles. The average molecular weight is 335 g/mol. The standard InChI is InChI=1S/C20H21N3O2/c1-4-14-7-5-9-16(13-14)22(2)20(21)23(3)17-10-6-8-15-11-12-18(24)25-19(15)17/h5-13,21H,4H2,1-3H3. The predicted octanol–water partition coefficient (Wildman–Crippen LogP) is 3.86. The first-order valence-electron chi connectivity index (χ1n) is 8.19. The minimum atomic E-state index is -0.399. The molecule has 5 nitrogen and oxygen atoms in total. The van der Waals surface area contributed by atoms with Crippen molar-refractivity contribution in [2.24, 2.45) is 0 Å². The first-order chi connectivity index (χ1) is 12.0. The topological polar surface area (TPSA) is 60.5 Å². The van der Waals surface area contributed by atoms with Gasteiger partial charge in [0, 0.05) is 31.2 Å². The number of nitrogens with one attached hydrogen (secondary N) is 1. The molecule has 0 aliphatic rings. The lowest BCUT2D eigenvalue weighted by atomic mass is 10.1. The van der Waals surface area contributed by atoms with Crippen LogP contribution in [0, 0.1) is 5.41 Å². The zero-order valence-corrected chi connectivity index (χ0v) is 14.6. The van der Waals surface area contributed by atoms with Crippen molar-refractivity contribution in [2.75, 3.05) is 23.9 Å². The molecule has 1 aromatic heterocycles. The molecular formula is C20H21N3O2. The molecule has 1 N–H and O–H groups in total. The zero-order chi connectivity index (χ0) is 18.0. The molecule has 0 aliphatic heterocycles. The normalized spacial score (nSPS) is 10.7. The number of fused-ring (bicyclic) bond motifs is 1. The van der Waals surface area contributed by atoms with E-state index in [0.29, 0.717) is 11.3 Å². The van der Waals surface area contributed by atoms with Gasteiger partial charge in [0.2, 0.25) is 5.96 Å². The van der Waals surface area contributed by atoms with Crippen molar-refractivity contribution in [1.82, 2.24) is 0 Å². The van der Waals surface area contributed by atoms with Crippen LogP contribution in [-0.4, -0.2) is 20.1 Å². The van der Waals surface area contributed by atoms with Gasteiger partial charge in [0.05, 0.1) is 5.69 Å². The molecule has 128 valence electrons. The highest BCUT2D eigenvalue weighted by atomic mass is 16.4. The Morgan fingerprint density at radius 2 is 1.80 bits per heavy atom. The molecule has 0 bridgehead atoms. The van der Waals surface area contributed by atoms with E-state index in [2.05, 4.69) is 19.1 Å². The van der Waals surface area contributed by atoms with E-state index in [9.17, 15) is 4.79 Å². The van der Waals surface area contributed by atoms with Crippen molar-refractivity contribution < 1.29 is 4.42 Å². The molecule has 0 atom stereocenters. The lowest BCUT2D eigenvalue weighted by molar-refractivity contribution is 0.561. The summed E-state index contributed by atoms with van der Waals surface area (Å²) >= 11 is 0. The Kier molecular flexibility index (Phi) is 4.57. The van der Waals surface area contributed by atoms with Crippen LogP contribution >= 0.6 is 0 Å². The van der Waals surface area contributed by atoms with Gasteiger partial charge in [-0.1, -0.05) is 31.2 Å². The van der Waals surface area contributed by atoms with Crippen molar-refractivity contribution >= 4 is 28.3 Å². The minimum absolute atomic E-state index is 0.284. The molecule has 0 fully saturated rings. The van der Waals surface area contributed by atoms with Crippen molar-refractivity contribution in [1.29, 1.82) is 5.41 Å². The van der Waals surface area contributed by atoms with Gasteiger partial charge < -0.3 is 14.2 Å². The molecule has 0 unspecified atom stereocenters. The summed E-state index contributed by atoms with van der Waals surface area (Å²) in [7, 11) is 3.65. The van der Waals surface area contributed by atoms with Gasteiger partial charge in [-0.15, -0.1) is 0 Å². The van der Waals surface area contributed by atoms with E-state index in [-0.39, 0.29) is 5.96 Å². The van der Waals surface area contributed by atoms with Crippen LogP contribution in [0.15, 0.2) is 63.8 Å². The fraction of sp³-hybridized carbons (Fsp3) is 0.200. The van der Waals surface area contributed by atoms with E-state index in [1.54, 1.807) is 22.9 Å². The summed E-state index contributed by atoms with van der Waals surface area (Å²) in [5.41, 5.74) is 2.93. The highest BCUT2D eigenvalue weighted by Crippen LogP contribution is 2.26. The van der Waals surface area contributed by atoms with Crippen LogP contribution < -0.4 is 15.4 Å². The van der Waals surface area contributed by atoms with Crippen LogP contribution in [0.25, 0.3) is 11.0 Å². The van der Waals surface area contributed by atoms with E-state index in [0.717, 1.165) is 17.5 Å². The summed E-state index contributed by atoms with van der Waals surface area (Å²) in [5.74, 6) is 0.284. The Balaban J connectivity index is 1.97. The predicted molar refractivity (Wildman–Crippen MR) is 103 cm³/mol. The second-order valence-corrected chi connectivity index (χ2v) is 5.92. The Hall–Kier alpha value is -3.08. The molecule has 2 aromatic carbocycles. The van der Waals surface area contributed by atoms with E-state index < -0.39 is 5.63 Å². The number of aryl methyl sites for hydroxylation is 1. The fourth-order valence-corrected chi connectivity index (χ4v) is 2.79. The van der Waals surface area contributed by atoms with E-state index in [1.165, 1.54) is 11.6 Å². The lowest BCUT2D eigenvalue weighted by Gasteiger charge is -2.28. The molecule has 25 heavy (non-hydrogen) atoms. The summed E-state index contributed by atoms with van der Waals surface area (Å²) in [5, 5.41) is 9.39. The molecule has 0 spiro atoms. The number of benzene rings is 2. The second-order valence-electron chi connectivity index (χ2n) is 5.92. The number of rotatable bonds is 3. The number of hydrogen-bond donors (Lipinski definition) is 1. The summed E-state index contributed by atoms with van der Waals surface area (Å²) < 4.78 is 5.37. The summed E-state index contributed by atoms with van der Waals surface area (Å²) in [6.45, 7) is 2.11. The Morgan fingerprint density at radius 1 is 1.04 bits per heavy atom. The monoisotopic (exact) mass is 335 g/mol. The number of guanidine groups is 1. The first-order valence-corrected chi connectivity index (χ1v) is 8.19. The van der Waals surface area contributed by atoms with Crippen molar-refractivity contribution in [2.45, 2.75) is 13.3 Å². The number of hydrogen-bond acceptors (Lipinski definition) is 3. The van der Waals surface area contributed by atoms with E-state index in [4.69, 9.17) is 9.83 Å². The third kappa shape index (κ3) is 3.26. The van der Waals surface area contributed by atoms with Gasteiger partial charge in [-0.05, 0) is 36.2 Å². The third-order valence-corrected chi connectivity index (χ3v) is 4.33. The Labute approximate surface area is 146 Å². The molecule has 1 heterocycles. The molecule has 0 saturated heterocycles. The molecule has 0 saturated carbocycles.